The smallest absolute Gasteiger partial charge is 0.273 e. The van der Waals surface area contributed by atoms with Gasteiger partial charge in [0.05, 0.1) is 12.8 Å². The van der Waals surface area contributed by atoms with Gasteiger partial charge in [-0.25, -0.2) is 4.39 Å². The highest BCUT2D eigenvalue weighted by Crippen LogP contribution is 2.35. The number of rotatable bonds is 3. The Hall–Kier alpha value is -3.15. The van der Waals surface area contributed by atoms with Gasteiger partial charge in [0.1, 0.15) is 17.3 Å². The van der Waals surface area contributed by atoms with Crippen LogP contribution in [0.3, 0.4) is 0 Å². The molecule has 0 radical (unpaired) electrons. The number of carbonyl (C=O) groups is 1. The Kier molecular flexibility index (Phi) is 3.95. The molecule has 6 heteroatoms. The Labute approximate surface area is 150 Å². The van der Waals surface area contributed by atoms with Crippen LogP contribution in [0, 0.1) is 12.7 Å². The van der Waals surface area contributed by atoms with Crippen molar-refractivity contribution in [3.05, 3.63) is 64.6 Å². The van der Waals surface area contributed by atoms with Crippen LogP contribution in [0.2, 0.25) is 0 Å². The molecule has 0 aliphatic heterocycles. The summed E-state index contributed by atoms with van der Waals surface area (Å²) >= 11 is 0. The third kappa shape index (κ3) is 2.73. The van der Waals surface area contributed by atoms with E-state index in [1.165, 1.54) is 6.07 Å². The lowest BCUT2D eigenvalue weighted by Gasteiger charge is -2.17. The zero-order valence-electron chi connectivity index (χ0n) is 14.5. The number of carbonyl (C=O) groups excluding carboxylic acids is 1. The van der Waals surface area contributed by atoms with E-state index in [0.717, 1.165) is 34.6 Å². The van der Waals surface area contributed by atoms with E-state index in [2.05, 4.69) is 15.5 Å². The SMILES string of the molecule is COc1ccc2c(c1)CCc1c-2n[nH]c1C(=O)Nc1ccc(C)c(F)c1. The highest BCUT2D eigenvalue weighted by molar-refractivity contribution is 6.05. The molecule has 3 aromatic rings. The van der Waals surface area contributed by atoms with Gasteiger partial charge in [-0.2, -0.15) is 5.10 Å². The third-order valence-electron chi connectivity index (χ3n) is 4.74. The fourth-order valence-corrected chi connectivity index (χ4v) is 3.28. The lowest BCUT2D eigenvalue weighted by atomic mass is 9.89. The average Bonchev–Trinajstić information content (AvgIpc) is 3.08. The molecule has 1 aliphatic carbocycles. The number of ether oxygens (including phenoxy) is 1. The van der Waals surface area contributed by atoms with E-state index in [9.17, 15) is 9.18 Å². The molecule has 26 heavy (non-hydrogen) atoms. The van der Waals surface area contributed by atoms with Crippen molar-refractivity contribution in [1.82, 2.24) is 10.2 Å². The highest BCUT2D eigenvalue weighted by atomic mass is 19.1. The van der Waals surface area contributed by atoms with Gasteiger partial charge in [-0.3, -0.25) is 9.89 Å². The molecular weight excluding hydrogens is 333 g/mol. The molecule has 0 fully saturated rings. The van der Waals surface area contributed by atoms with E-state index in [1.54, 1.807) is 26.2 Å². The number of amides is 1. The Morgan fingerprint density at radius 1 is 1.23 bits per heavy atom. The van der Waals surface area contributed by atoms with Crippen molar-refractivity contribution in [3.8, 4) is 17.0 Å². The van der Waals surface area contributed by atoms with Crippen LogP contribution in [0.5, 0.6) is 5.75 Å². The number of methoxy groups -OCH3 is 1. The molecular formula is C20H18FN3O2. The first-order valence-electron chi connectivity index (χ1n) is 8.39. The second-order valence-electron chi connectivity index (χ2n) is 6.37. The van der Waals surface area contributed by atoms with E-state index >= 15 is 0 Å². The van der Waals surface area contributed by atoms with Gasteiger partial charge in [0.25, 0.3) is 5.91 Å². The summed E-state index contributed by atoms with van der Waals surface area (Å²) in [5.74, 6) is 0.137. The monoisotopic (exact) mass is 351 g/mol. The van der Waals surface area contributed by atoms with Crippen LogP contribution in [0.1, 0.15) is 27.2 Å². The molecule has 0 atom stereocenters. The number of aromatic amines is 1. The van der Waals surface area contributed by atoms with E-state index in [0.29, 0.717) is 23.4 Å². The lowest BCUT2D eigenvalue weighted by molar-refractivity contribution is 0.102. The maximum absolute atomic E-state index is 13.7. The minimum Gasteiger partial charge on any atom is -0.497 e. The van der Waals surface area contributed by atoms with Crippen molar-refractivity contribution in [1.29, 1.82) is 0 Å². The number of aromatic nitrogens is 2. The molecule has 0 bridgehead atoms. The van der Waals surface area contributed by atoms with Crippen molar-refractivity contribution >= 4 is 11.6 Å². The Balaban J connectivity index is 1.64. The number of H-pyrrole nitrogens is 1. The quantitative estimate of drug-likeness (QED) is 0.752. The average molecular weight is 351 g/mol. The number of anilines is 1. The van der Waals surface area contributed by atoms with Crippen molar-refractivity contribution in [3.63, 3.8) is 0 Å². The van der Waals surface area contributed by atoms with Crippen LogP contribution >= 0.6 is 0 Å². The summed E-state index contributed by atoms with van der Waals surface area (Å²) in [5.41, 5.74) is 5.19. The molecule has 5 nitrogen and oxygen atoms in total. The number of nitrogens with one attached hydrogen (secondary N) is 2. The van der Waals surface area contributed by atoms with Crippen LogP contribution in [0.15, 0.2) is 36.4 Å². The maximum Gasteiger partial charge on any atom is 0.273 e. The number of hydrogen-bond acceptors (Lipinski definition) is 3. The molecule has 4 rings (SSSR count). The third-order valence-corrected chi connectivity index (χ3v) is 4.74. The fourth-order valence-electron chi connectivity index (χ4n) is 3.28. The molecule has 2 aromatic carbocycles. The van der Waals surface area contributed by atoms with E-state index in [4.69, 9.17) is 4.74 Å². The molecule has 1 aliphatic rings. The van der Waals surface area contributed by atoms with Gasteiger partial charge in [-0.1, -0.05) is 6.07 Å². The fraction of sp³-hybridized carbons (Fsp3) is 0.200. The summed E-state index contributed by atoms with van der Waals surface area (Å²) in [5, 5.41) is 9.93. The zero-order chi connectivity index (χ0) is 18.3. The van der Waals surface area contributed by atoms with Crippen LogP contribution in [-0.2, 0) is 12.8 Å². The summed E-state index contributed by atoms with van der Waals surface area (Å²) in [6.45, 7) is 1.68. The van der Waals surface area contributed by atoms with Crippen LogP contribution in [0.25, 0.3) is 11.3 Å². The summed E-state index contributed by atoms with van der Waals surface area (Å²) < 4.78 is 19.0. The van der Waals surface area contributed by atoms with E-state index < -0.39 is 0 Å². The minimum absolute atomic E-state index is 0.320. The maximum atomic E-state index is 13.7. The van der Waals surface area contributed by atoms with Gasteiger partial charge in [-0.05, 0) is 61.2 Å². The summed E-state index contributed by atoms with van der Waals surface area (Å²) in [7, 11) is 1.64. The molecule has 1 heterocycles. The highest BCUT2D eigenvalue weighted by Gasteiger charge is 2.25. The van der Waals surface area contributed by atoms with Crippen molar-refractivity contribution in [2.45, 2.75) is 19.8 Å². The molecule has 1 amide bonds. The summed E-state index contributed by atoms with van der Waals surface area (Å²) in [4.78, 5) is 12.6. The summed E-state index contributed by atoms with van der Waals surface area (Å²) in [6.07, 6.45) is 1.51. The second-order valence-corrected chi connectivity index (χ2v) is 6.37. The number of halogens is 1. The van der Waals surface area contributed by atoms with Gasteiger partial charge in [0.15, 0.2) is 0 Å². The molecule has 0 unspecified atom stereocenters. The van der Waals surface area contributed by atoms with Crippen molar-refractivity contribution in [2.75, 3.05) is 12.4 Å². The minimum atomic E-state index is -0.350. The molecule has 2 N–H and O–H groups in total. The number of fused-ring (bicyclic) bond motifs is 3. The number of aryl methyl sites for hydroxylation is 2. The van der Waals surface area contributed by atoms with Gasteiger partial charge in [0, 0.05) is 16.8 Å². The zero-order valence-corrected chi connectivity index (χ0v) is 14.5. The normalized spacial score (nSPS) is 12.3. The molecule has 0 saturated carbocycles. The first kappa shape index (κ1) is 16.3. The largest absolute Gasteiger partial charge is 0.497 e. The molecule has 0 spiro atoms. The van der Waals surface area contributed by atoms with Gasteiger partial charge in [0.2, 0.25) is 0 Å². The van der Waals surface area contributed by atoms with Crippen LogP contribution < -0.4 is 10.1 Å². The number of benzene rings is 2. The number of nitrogens with zero attached hydrogens (tertiary/aromatic N) is 1. The summed E-state index contributed by atoms with van der Waals surface area (Å²) in [6, 6.07) is 10.5. The topological polar surface area (TPSA) is 67.0 Å². The van der Waals surface area contributed by atoms with Crippen molar-refractivity contribution in [2.24, 2.45) is 0 Å². The Morgan fingerprint density at radius 3 is 2.85 bits per heavy atom. The van der Waals surface area contributed by atoms with Crippen LogP contribution in [0.4, 0.5) is 10.1 Å². The van der Waals surface area contributed by atoms with Gasteiger partial charge >= 0.3 is 0 Å². The lowest BCUT2D eigenvalue weighted by Crippen LogP contribution is -2.16. The van der Waals surface area contributed by atoms with Gasteiger partial charge in [-0.15, -0.1) is 0 Å². The van der Waals surface area contributed by atoms with Crippen LogP contribution in [-0.4, -0.2) is 23.2 Å². The van der Waals surface area contributed by atoms with E-state index in [1.807, 2.05) is 18.2 Å². The molecule has 0 saturated heterocycles. The Bertz CT molecular complexity index is 1010. The first-order chi connectivity index (χ1) is 12.6. The standard InChI is InChI=1S/C20H18FN3O2/c1-11-3-5-13(10-17(11)21)22-20(25)19-16-7-4-12-9-14(26-2)6-8-15(12)18(16)23-24-19/h3,5-6,8-10H,4,7H2,1-2H3,(H,22,25)(H,23,24). The second kappa shape index (κ2) is 6.29. The van der Waals surface area contributed by atoms with E-state index in [-0.39, 0.29) is 11.7 Å². The molecule has 1 aromatic heterocycles. The number of hydrogen-bond donors (Lipinski definition) is 2. The first-order valence-corrected chi connectivity index (χ1v) is 8.39. The predicted molar refractivity (Wildman–Crippen MR) is 97.1 cm³/mol. The Morgan fingerprint density at radius 2 is 2.08 bits per heavy atom. The predicted octanol–water partition coefficient (Wildman–Crippen LogP) is 3.88. The molecule has 132 valence electrons. The van der Waals surface area contributed by atoms with Gasteiger partial charge < -0.3 is 10.1 Å². The van der Waals surface area contributed by atoms with Crippen molar-refractivity contribution < 1.29 is 13.9 Å².